The second-order valence-corrected chi connectivity index (χ2v) is 11.8. The summed E-state index contributed by atoms with van der Waals surface area (Å²) in [6.45, 7) is 5.96. The van der Waals surface area contributed by atoms with Crippen LogP contribution in [0, 0.1) is 11.3 Å². The van der Waals surface area contributed by atoms with Gasteiger partial charge in [0.05, 0.1) is 31.5 Å². The van der Waals surface area contributed by atoms with Gasteiger partial charge < -0.3 is 29.5 Å². The molecule has 12 heteroatoms. The molecule has 1 aromatic heterocycles. The van der Waals surface area contributed by atoms with Gasteiger partial charge in [-0.05, 0) is 48.9 Å². The van der Waals surface area contributed by atoms with E-state index in [1.807, 2.05) is 20.8 Å². The SMILES string of the molecule is COc1cccc(C2C(NCc3cc(C(F)(F)F)ccc3OC)C(C(C)(C)C)C(C(=O)O)N2C(=O)C2CCCCO2)n1. The first-order chi connectivity index (χ1) is 19.8. The summed E-state index contributed by atoms with van der Waals surface area (Å²) >= 11 is 0. The zero-order valence-electron chi connectivity index (χ0n) is 24.4. The standard InChI is InChI=1S/C30H38F3N3O6/c1-29(2,3)23-24(34-16-17-15-18(30(31,32)33)12-13-20(17)40-4)25(19-9-8-11-22(35-19)41-5)36(26(23)28(38)39)27(37)21-10-6-7-14-42-21/h8-9,11-13,15,21,23-26,34H,6-7,10,14,16H2,1-5H3,(H,38,39). The second kappa shape index (κ2) is 12.5. The van der Waals surface area contributed by atoms with Gasteiger partial charge in [0.2, 0.25) is 5.88 Å². The minimum Gasteiger partial charge on any atom is -0.496 e. The number of benzene rings is 1. The number of hydrogen-bond donors (Lipinski definition) is 2. The van der Waals surface area contributed by atoms with Crippen molar-refractivity contribution in [3.8, 4) is 11.6 Å². The average molecular weight is 594 g/mol. The average Bonchev–Trinajstić information content (AvgIpc) is 3.31. The summed E-state index contributed by atoms with van der Waals surface area (Å²) in [5.74, 6) is -1.79. The fourth-order valence-corrected chi connectivity index (χ4v) is 6.17. The van der Waals surface area contributed by atoms with Crippen LogP contribution in [0.25, 0.3) is 0 Å². The Kier molecular flexibility index (Phi) is 9.36. The van der Waals surface area contributed by atoms with E-state index in [0.717, 1.165) is 25.0 Å². The Morgan fingerprint density at radius 2 is 1.86 bits per heavy atom. The molecule has 0 bridgehead atoms. The van der Waals surface area contributed by atoms with Gasteiger partial charge in [0, 0.05) is 36.7 Å². The number of ether oxygens (including phenoxy) is 3. The molecule has 0 spiro atoms. The molecular weight excluding hydrogens is 555 g/mol. The molecule has 3 heterocycles. The lowest BCUT2D eigenvalue weighted by molar-refractivity contribution is -0.159. The summed E-state index contributed by atoms with van der Waals surface area (Å²) in [4.78, 5) is 33.0. The monoisotopic (exact) mass is 593 g/mol. The number of nitrogens with zero attached hydrogens (tertiary/aromatic N) is 2. The molecule has 230 valence electrons. The number of carbonyl (C=O) groups excluding carboxylic acids is 1. The van der Waals surface area contributed by atoms with Crippen LogP contribution in [-0.2, 0) is 27.0 Å². The molecule has 2 fully saturated rings. The number of nitrogens with one attached hydrogen (secondary N) is 1. The van der Waals surface area contributed by atoms with Gasteiger partial charge in [-0.1, -0.05) is 26.8 Å². The number of aliphatic carboxylic acids is 1. The highest BCUT2D eigenvalue weighted by atomic mass is 19.4. The fraction of sp³-hybridized carbons (Fsp3) is 0.567. The van der Waals surface area contributed by atoms with Gasteiger partial charge in [0.15, 0.2) is 0 Å². The number of aromatic nitrogens is 1. The molecule has 1 aromatic carbocycles. The Bertz CT molecular complexity index is 1280. The van der Waals surface area contributed by atoms with Crippen molar-refractivity contribution in [3.05, 3.63) is 53.2 Å². The van der Waals surface area contributed by atoms with Gasteiger partial charge in [-0.3, -0.25) is 4.79 Å². The Balaban J connectivity index is 1.85. The number of hydrogen-bond acceptors (Lipinski definition) is 7. The third-order valence-electron chi connectivity index (χ3n) is 8.02. The summed E-state index contributed by atoms with van der Waals surface area (Å²) < 4.78 is 57.2. The molecule has 9 nitrogen and oxygen atoms in total. The molecule has 1 amide bonds. The van der Waals surface area contributed by atoms with Crippen LogP contribution in [0.4, 0.5) is 13.2 Å². The van der Waals surface area contributed by atoms with E-state index < -0.39 is 59.2 Å². The van der Waals surface area contributed by atoms with E-state index in [9.17, 15) is 27.9 Å². The maximum atomic E-state index is 14.1. The van der Waals surface area contributed by atoms with Crippen LogP contribution in [0.1, 0.15) is 62.9 Å². The molecular formula is C30H38F3N3O6. The molecule has 42 heavy (non-hydrogen) atoms. The van der Waals surface area contributed by atoms with Crippen molar-refractivity contribution in [2.45, 2.75) is 77.0 Å². The molecule has 2 N–H and O–H groups in total. The predicted octanol–water partition coefficient (Wildman–Crippen LogP) is 4.84. The predicted molar refractivity (Wildman–Crippen MR) is 147 cm³/mol. The van der Waals surface area contributed by atoms with Crippen molar-refractivity contribution in [2.75, 3.05) is 20.8 Å². The first-order valence-corrected chi connectivity index (χ1v) is 13.9. The highest BCUT2D eigenvalue weighted by Gasteiger charge is 2.59. The van der Waals surface area contributed by atoms with E-state index >= 15 is 0 Å². The molecule has 4 rings (SSSR count). The zero-order valence-corrected chi connectivity index (χ0v) is 24.4. The minimum absolute atomic E-state index is 0.0842. The van der Waals surface area contributed by atoms with Crippen LogP contribution in [0.15, 0.2) is 36.4 Å². The van der Waals surface area contributed by atoms with E-state index in [0.29, 0.717) is 18.7 Å². The van der Waals surface area contributed by atoms with Crippen LogP contribution in [0.2, 0.25) is 0 Å². The lowest BCUT2D eigenvalue weighted by atomic mass is 9.72. The number of likely N-dealkylation sites (tertiary alicyclic amines) is 1. The molecule has 0 aliphatic carbocycles. The summed E-state index contributed by atoms with van der Waals surface area (Å²) in [5, 5.41) is 13.9. The highest BCUT2D eigenvalue weighted by Crippen LogP contribution is 2.48. The largest absolute Gasteiger partial charge is 0.496 e. The van der Waals surface area contributed by atoms with E-state index in [2.05, 4.69) is 10.3 Å². The topological polar surface area (TPSA) is 110 Å². The highest BCUT2D eigenvalue weighted by molar-refractivity contribution is 5.88. The number of methoxy groups -OCH3 is 2. The number of alkyl halides is 3. The van der Waals surface area contributed by atoms with Gasteiger partial charge in [-0.25, -0.2) is 9.78 Å². The van der Waals surface area contributed by atoms with Gasteiger partial charge in [-0.2, -0.15) is 13.2 Å². The van der Waals surface area contributed by atoms with Crippen LogP contribution in [0.3, 0.4) is 0 Å². The normalized spacial score (nSPS) is 24.9. The summed E-state index contributed by atoms with van der Waals surface area (Å²) in [6.07, 6.45) is -3.34. The lowest BCUT2D eigenvalue weighted by Gasteiger charge is -2.36. The van der Waals surface area contributed by atoms with Gasteiger partial charge in [-0.15, -0.1) is 0 Å². The molecule has 2 aliphatic rings. The number of amides is 1. The maximum absolute atomic E-state index is 14.1. The number of pyridine rings is 1. The van der Waals surface area contributed by atoms with Crippen molar-refractivity contribution in [1.29, 1.82) is 0 Å². The Morgan fingerprint density at radius 1 is 1.12 bits per heavy atom. The fourth-order valence-electron chi connectivity index (χ4n) is 6.17. The third-order valence-corrected chi connectivity index (χ3v) is 8.02. The Morgan fingerprint density at radius 3 is 2.43 bits per heavy atom. The third kappa shape index (κ3) is 6.49. The first-order valence-electron chi connectivity index (χ1n) is 13.9. The molecule has 2 aromatic rings. The van der Waals surface area contributed by atoms with Gasteiger partial charge in [0.25, 0.3) is 5.91 Å². The molecule has 0 radical (unpaired) electrons. The number of rotatable bonds is 8. The maximum Gasteiger partial charge on any atom is 0.416 e. The second-order valence-electron chi connectivity index (χ2n) is 11.8. The number of halogens is 3. The van der Waals surface area contributed by atoms with Crippen molar-refractivity contribution >= 4 is 11.9 Å². The summed E-state index contributed by atoms with van der Waals surface area (Å²) in [7, 11) is 2.82. The van der Waals surface area contributed by atoms with E-state index in [1.54, 1.807) is 18.2 Å². The molecule has 5 atom stereocenters. The summed E-state index contributed by atoms with van der Waals surface area (Å²) in [5.41, 5.74) is -0.854. The van der Waals surface area contributed by atoms with Crippen LogP contribution in [0.5, 0.6) is 11.6 Å². The zero-order chi connectivity index (χ0) is 30.8. The number of carboxylic acid groups (broad SMARTS) is 1. The Hall–Kier alpha value is -3.38. The van der Waals surface area contributed by atoms with E-state index in [4.69, 9.17) is 14.2 Å². The first kappa shape index (κ1) is 31.6. The quantitative estimate of drug-likeness (QED) is 0.448. The van der Waals surface area contributed by atoms with E-state index in [-0.39, 0.29) is 23.7 Å². The minimum atomic E-state index is -4.56. The van der Waals surface area contributed by atoms with Crippen molar-refractivity contribution in [1.82, 2.24) is 15.2 Å². The van der Waals surface area contributed by atoms with E-state index in [1.165, 1.54) is 25.2 Å². The lowest BCUT2D eigenvalue weighted by Crippen LogP contribution is -2.51. The van der Waals surface area contributed by atoms with Crippen molar-refractivity contribution < 1.29 is 42.1 Å². The van der Waals surface area contributed by atoms with Crippen LogP contribution in [-0.4, -0.2) is 65.9 Å². The van der Waals surface area contributed by atoms with Gasteiger partial charge >= 0.3 is 12.1 Å². The smallest absolute Gasteiger partial charge is 0.416 e. The molecule has 2 saturated heterocycles. The van der Waals surface area contributed by atoms with Crippen LogP contribution >= 0.6 is 0 Å². The van der Waals surface area contributed by atoms with Crippen molar-refractivity contribution in [2.24, 2.45) is 11.3 Å². The van der Waals surface area contributed by atoms with Crippen molar-refractivity contribution in [3.63, 3.8) is 0 Å². The van der Waals surface area contributed by atoms with Gasteiger partial charge in [0.1, 0.15) is 17.9 Å². The molecule has 5 unspecified atom stereocenters. The number of carbonyl (C=O) groups is 2. The van der Waals surface area contributed by atoms with Crippen LogP contribution < -0.4 is 14.8 Å². The molecule has 0 saturated carbocycles. The molecule has 2 aliphatic heterocycles. The summed E-state index contributed by atoms with van der Waals surface area (Å²) in [6, 6.07) is 5.38. The number of carboxylic acids is 1. The Labute approximate surface area is 243 Å².